The molecule has 0 saturated heterocycles. The van der Waals surface area contributed by atoms with Crippen molar-refractivity contribution in [3.05, 3.63) is 26.8 Å². The van der Waals surface area contributed by atoms with Gasteiger partial charge < -0.3 is 9.47 Å². The van der Waals surface area contributed by atoms with Gasteiger partial charge in [-0.05, 0) is 45.1 Å². The first kappa shape index (κ1) is 16.8. The van der Waals surface area contributed by atoms with E-state index in [1.54, 1.807) is 7.11 Å². The first-order valence-corrected chi connectivity index (χ1v) is 7.61. The normalized spacial score (nSPS) is 12.6. The van der Waals surface area contributed by atoms with E-state index < -0.39 is 0 Å². The molecular formula is C16H25IO2. The molecule has 0 saturated carbocycles. The molecule has 3 heteroatoms. The second kappa shape index (κ2) is 6.00. The molecule has 1 rings (SSSR count). The Morgan fingerprint density at radius 1 is 1.00 bits per heavy atom. The molecule has 0 aliphatic carbocycles. The molecule has 1 aromatic carbocycles. The minimum absolute atomic E-state index is 0.0459. The molecule has 0 bridgehead atoms. The van der Waals surface area contributed by atoms with Crippen LogP contribution in [0.3, 0.4) is 0 Å². The van der Waals surface area contributed by atoms with Crippen LogP contribution >= 0.6 is 22.6 Å². The summed E-state index contributed by atoms with van der Waals surface area (Å²) in [7, 11) is 1.65. The van der Waals surface area contributed by atoms with E-state index in [0.29, 0.717) is 0 Å². The number of benzene rings is 1. The quantitative estimate of drug-likeness (QED) is 0.554. The summed E-state index contributed by atoms with van der Waals surface area (Å²) in [6, 6.07) is 4.48. The fraction of sp³-hybridized carbons (Fsp3) is 0.625. The molecule has 0 heterocycles. The summed E-state index contributed by atoms with van der Waals surface area (Å²) in [4.78, 5) is 0. The van der Waals surface area contributed by atoms with Crippen LogP contribution in [0.5, 0.6) is 5.75 Å². The lowest BCUT2D eigenvalue weighted by Crippen LogP contribution is -2.19. The number of methoxy groups -OCH3 is 1. The molecule has 1 aromatic rings. The van der Waals surface area contributed by atoms with Crippen molar-refractivity contribution in [1.29, 1.82) is 0 Å². The Morgan fingerprint density at radius 2 is 1.58 bits per heavy atom. The van der Waals surface area contributed by atoms with Crippen LogP contribution in [-0.2, 0) is 15.6 Å². The van der Waals surface area contributed by atoms with E-state index >= 15 is 0 Å². The van der Waals surface area contributed by atoms with Crippen LogP contribution in [0.15, 0.2) is 12.1 Å². The van der Waals surface area contributed by atoms with Gasteiger partial charge in [-0.25, -0.2) is 0 Å². The molecule has 0 radical (unpaired) electrons. The third-order valence-electron chi connectivity index (χ3n) is 3.04. The zero-order valence-corrected chi connectivity index (χ0v) is 15.2. The van der Waals surface area contributed by atoms with Gasteiger partial charge in [-0.1, -0.05) is 47.6 Å². The van der Waals surface area contributed by atoms with Crippen molar-refractivity contribution in [2.75, 3.05) is 13.9 Å². The Bertz CT molecular complexity index is 439. The van der Waals surface area contributed by atoms with Crippen LogP contribution < -0.4 is 4.74 Å². The molecule has 0 atom stereocenters. The average Bonchev–Trinajstić information content (AvgIpc) is 2.23. The first-order valence-electron chi connectivity index (χ1n) is 6.53. The minimum Gasteiger partial charge on any atom is -0.466 e. The first-order chi connectivity index (χ1) is 8.57. The monoisotopic (exact) mass is 376 g/mol. The van der Waals surface area contributed by atoms with Gasteiger partial charge in [-0.2, -0.15) is 0 Å². The molecule has 0 aromatic heterocycles. The van der Waals surface area contributed by atoms with Crippen molar-refractivity contribution in [1.82, 2.24) is 0 Å². The van der Waals surface area contributed by atoms with Crippen LogP contribution in [0.25, 0.3) is 0 Å². The lowest BCUT2D eigenvalue weighted by Gasteiger charge is -2.28. The van der Waals surface area contributed by atoms with Crippen LogP contribution in [0.4, 0.5) is 0 Å². The van der Waals surface area contributed by atoms with Crippen molar-refractivity contribution in [2.45, 2.75) is 52.4 Å². The summed E-state index contributed by atoms with van der Waals surface area (Å²) in [6.45, 7) is 13.6. The van der Waals surface area contributed by atoms with Gasteiger partial charge in [0.2, 0.25) is 0 Å². The fourth-order valence-corrected chi connectivity index (χ4v) is 2.63. The van der Waals surface area contributed by atoms with Gasteiger partial charge in [0.05, 0.1) is 3.57 Å². The smallest absolute Gasteiger partial charge is 0.188 e. The Balaban J connectivity index is 3.39. The molecule has 0 unspecified atom stereocenters. The van der Waals surface area contributed by atoms with Crippen LogP contribution in [0.1, 0.15) is 52.7 Å². The summed E-state index contributed by atoms with van der Waals surface area (Å²) < 4.78 is 12.0. The Morgan fingerprint density at radius 3 is 2.00 bits per heavy atom. The molecule has 19 heavy (non-hydrogen) atoms. The molecule has 0 aliphatic rings. The largest absolute Gasteiger partial charge is 0.466 e. The van der Waals surface area contributed by atoms with E-state index in [1.807, 2.05) is 0 Å². The van der Waals surface area contributed by atoms with E-state index in [2.05, 4.69) is 76.3 Å². The average molecular weight is 376 g/mol. The number of ether oxygens (including phenoxy) is 2. The second-order valence-electron chi connectivity index (χ2n) is 6.89. The highest BCUT2D eigenvalue weighted by Crippen LogP contribution is 2.38. The topological polar surface area (TPSA) is 18.5 Å². The van der Waals surface area contributed by atoms with Gasteiger partial charge >= 0.3 is 0 Å². The Kier molecular flexibility index (Phi) is 5.29. The Labute approximate surface area is 131 Å². The molecule has 0 amide bonds. The summed E-state index contributed by atoms with van der Waals surface area (Å²) in [6.07, 6.45) is 0. The minimum atomic E-state index is 0.0459. The molecule has 0 spiro atoms. The summed E-state index contributed by atoms with van der Waals surface area (Å²) in [5, 5.41) is 0. The van der Waals surface area contributed by atoms with Gasteiger partial charge in [0.1, 0.15) is 5.75 Å². The van der Waals surface area contributed by atoms with Gasteiger partial charge in [0.15, 0.2) is 6.79 Å². The van der Waals surface area contributed by atoms with E-state index in [9.17, 15) is 0 Å². The molecular weight excluding hydrogens is 351 g/mol. The summed E-state index contributed by atoms with van der Waals surface area (Å²) in [5.41, 5.74) is 2.76. The highest BCUT2D eigenvalue weighted by molar-refractivity contribution is 14.1. The summed E-state index contributed by atoms with van der Waals surface area (Å²) >= 11 is 2.35. The molecule has 0 aliphatic heterocycles. The van der Waals surface area contributed by atoms with E-state index in [0.717, 1.165) is 9.32 Å². The van der Waals surface area contributed by atoms with E-state index in [4.69, 9.17) is 9.47 Å². The zero-order valence-electron chi connectivity index (χ0n) is 13.1. The second-order valence-corrected chi connectivity index (χ2v) is 8.05. The standard InChI is InChI=1S/C16H25IO2/c1-15(2,3)11-8-12(16(4,5)6)14(13(17)9-11)19-10-18-7/h8-9H,10H2,1-7H3. The lowest BCUT2D eigenvalue weighted by molar-refractivity contribution is 0.0491. The molecule has 108 valence electrons. The number of hydrogen-bond donors (Lipinski definition) is 0. The van der Waals surface area contributed by atoms with Crippen LogP contribution in [0, 0.1) is 3.57 Å². The van der Waals surface area contributed by atoms with Crippen molar-refractivity contribution >= 4 is 22.6 Å². The molecule has 0 fully saturated rings. The highest BCUT2D eigenvalue weighted by Gasteiger charge is 2.25. The lowest BCUT2D eigenvalue weighted by atomic mass is 9.80. The SMILES string of the molecule is COCOc1c(I)cc(C(C)(C)C)cc1C(C)(C)C. The third kappa shape index (κ3) is 4.35. The van der Waals surface area contributed by atoms with Crippen molar-refractivity contribution in [3.8, 4) is 5.75 Å². The predicted molar refractivity (Wildman–Crippen MR) is 89.1 cm³/mol. The maximum atomic E-state index is 5.78. The van der Waals surface area contributed by atoms with Gasteiger partial charge in [-0.3, -0.25) is 0 Å². The number of halogens is 1. The number of hydrogen-bond acceptors (Lipinski definition) is 2. The molecule has 2 nitrogen and oxygen atoms in total. The third-order valence-corrected chi connectivity index (χ3v) is 3.84. The maximum absolute atomic E-state index is 5.78. The van der Waals surface area contributed by atoms with Gasteiger partial charge in [-0.15, -0.1) is 0 Å². The van der Waals surface area contributed by atoms with Crippen molar-refractivity contribution < 1.29 is 9.47 Å². The van der Waals surface area contributed by atoms with Crippen molar-refractivity contribution in [3.63, 3.8) is 0 Å². The van der Waals surface area contributed by atoms with E-state index in [-0.39, 0.29) is 17.6 Å². The molecule has 0 N–H and O–H groups in total. The zero-order chi connectivity index (χ0) is 14.8. The van der Waals surface area contributed by atoms with Gasteiger partial charge in [0, 0.05) is 12.7 Å². The van der Waals surface area contributed by atoms with E-state index in [1.165, 1.54) is 11.1 Å². The predicted octanol–water partition coefficient (Wildman–Crippen LogP) is 4.87. The number of rotatable bonds is 3. The van der Waals surface area contributed by atoms with Crippen LogP contribution in [0.2, 0.25) is 0 Å². The van der Waals surface area contributed by atoms with Crippen molar-refractivity contribution in [2.24, 2.45) is 0 Å². The summed E-state index contributed by atoms with van der Waals surface area (Å²) in [5.74, 6) is 0.947. The van der Waals surface area contributed by atoms with Gasteiger partial charge in [0.25, 0.3) is 0 Å². The Hall–Kier alpha value is -0.290. The fourth-order valence-electron chi connectivity index (χ4n) is 1.85. The van der Waals surface area contributed by atoms with Crippen LogP contribution in [-0.4, -0.2) is 13.9 Å². The highest BCUT2D eigenvalue weighted by atomic mass is 127. The maximum Gasteiger partial charge on any atom is 0.188 e.